The van der Waals surface area contributed by atoms with Crippen LogP contribution in [0, 0.1) is 20.8 Å². The van der Waals surface area contributed by atoms with Crippen molar-refractivity contribution in [1.82, 2.24) is 15.0 Å². The molecule has 1 N–H and O–H groups in total. The fourth-order valence-electron chi connectivity index (χ4n) is 2.71. The first kappa shape index (κ1) is 17.8. The number of benzene rings is 1. The number of nitrogens with one attached hydrogen (secondary N) is 1. The lowest BCUT2D eigenvalue weighted by Gasteiger charge is -2.10. The van der Waals surface area contributed by atoms with Crippen molar-refractivity contribution in [2.45, 2.75) is 33.9 Å². The number of aryl methyl sites for hydroxylation is 3. The average Bonchev–Trinajstić information content (AvgIpc) is 3.13. The number of carbonyl (C=O) groups is 1. The molecule has 6 heteroatoms. The molecule has 0 spiro atoms. The van der Waals surface area contributed by atoms with E-state index in [4.69, 9.17) is 9.26 Å². The van der Waals surface area contributed by atoms with Gasteiger partial charge < -0.3 is 19.1 Å². The molecule has 0 aliphatic carbocycles. The second-order valence-corrected chi connectivity index (χ2v) is 6.33. The SMILES string of the molecule is Cc1noc(C)c1COc1cccc(C(=O)NCc2ccc(C)n2C)c1. The predicted molar refractivity (Wildman–Crippen MR) is 98.1 cm³/mol. The first-order chi connectivity index (χ1) is 12.5. The number of hydrogen-bond donors (Lipinski definition) is 1. The Labute approximate surface area is 152 Å². The first-order valence-corrected chi connectivity index (χ1v) is 8.49. The Bertz CT molecular complexity index is 905. The lowest BCUT2D eigenvalue weighted by atomic mass is 10.2. The van der Waals surface area contributed by atoms with Crippen LogP contribution in [0.2, 0.25) is 0 Å². The van der Waals surface area contributed by atoms with E-state index < -0.39 is 0 Å². The smallest absolute Gasteiger partial charge is 0.251 e. The molecule has 26 heavy (non-hydrogen) atoms. The fourth-order valence-corrected chi connectivity index (χ4v) is 2.71. The van der Waals surface area contributed by atoms with Crippen molar-refractivity contribution in [2.75, 3.05) is 0 Å². The molecular weight excluding hydrogens is 330 g/mol. The quantitative estimate of drug-likeness (QED) is 0.737. The first-order valence-electron chi connectivity index (χ1n) is 8.49. The van der Waals surface area contributed by atoms with Crippen molar-refractivity contribution in [1.29, 1.82) is 0 Å². The highest BCUT2D eigenvalue weighted by atomic mass is 16.5. The van der Waals surface area contributed by atoms with Crippen LogP contribution in [0.1, 0.15) is 38.8 Å². The molecule has 3 aromatic rings. The van der Waals surface area contributed by atoms with Crippen LogP contribution < -0.4 is 10.1 Å². The zero-order valence-electron chi connectivity index (χ0n) is 15.5. The van der Waals surface area contributed by atoms with E-state index in [1.54, 1.807) is 12.1 Å². The van der Waals surface area contributed by atoms with Crippen molar-refractivity contribution < 1.29 is 14.1 Å². The van der Waals surface area contributed by atoms with Gasteiger partial charge in [-0.05, 0) is 51.1 Å². The number of aromatic nitrogens is 2. The molecule has 0 aliphatic heterocycles. The van der Waals surface area contributed by atoms with Crippen LogP contribution in [0.4, 0.5) is 0 Å². The van der Waals surface area contributed by atoms with E-state index in [1.807, 2.05) is 52.1 Å². The molecule has 6 nitrogen and oxygen atoms in total. The summed E-state index contributed by atoms with van der Waals surface area (Å²) in [5.41, 5.74) is 4.52. The molecule has 0 saturated carbocycles. The molecule has 2 aromatic heterocycles. The Morgan fingerprint density at radius 3 is 2.69 bits per heavy atom. The second-order valence-electron chi connectivity index (χ2n) is 6.33. The summed E-state index contributed by atoms with van der Waals surface area (Å²) in [5.74, 6) is 1.24. The molecule has 0 radical (unpaired) electrons. The van der Waals surface area contributed by atoms with E-state index in [0.29, 0.717) is 24.5 Å². The number of rotatable bonds is 6. The van der Waals surface area contributed by atoms with Gasteiger partial charge in [0.2, 0.25) is 0 Å². The molecule has 3 rings (SSSR count). The van der Waals surface area contributed by atoms with E-state index >= 15 is 0 Å². The van der Waals surface area contributed by atoms with Gasteiger partial charge in [0.05, 0.1) is 17.8 Å². The highest BCUT2D eigenvalue weighted by Crippen LogP contribution is 2.18. The summed E-state index contributed by atoms with van der Waals surface area (Å²) in [5, 5.41) is 6.86. The van der Waals surface area contributed by atoms with Gasteiger partial charge in [-0.25, -0.2) is 0 Å². The monoisotopic (exact) mass is 353 g/mol. The van der Waals surface area contributed by atoms with Gasteiger partial charge in [-0.2, -0.15) is 0 Å². The molecule has 0 unspecified atom stereocenters. The molecule has 0 fully saturated rings. The number of hydrogen-bond acceptors (Lipinski definition) is 4. The maximum Gasteiger partial charge on any atom is 0.251 e. The summed E-state index contributed by atoms with van der Waals surface area (Å²) in [6.45, 7) is 6.60. The minimum atomic E-state index is -0.133. The molecule has 1 amide bonds. The van der Waals surface area contributed by atoms with Gasteiger partial charge in [0.15, 0.2) is 0 Å². The Morgan fingerprint density at radius 2 is 2.04 bits per heavy atom. The zero-order valence-corrected chi connectivity index (χ0v) is 15.5. The van der Waals surface area contributed by atoms with Gasteiger partial charge in [0, 0.05) is 24.0 Å². The molecular formula is C20H23N3O3. The maximum absolute atomic E-state index is 12.4. The molecule has 136 valence electrons. The van der Waals surface area contributed by atoms with Crippen LogP contribution in [-0.2, 0) is 20.2 Å². The average molecular weight is 353 g/mol. The lowest BCUT2D eigenvalue weighted by molar-refractivity contribution is 0.0949. The Kier molecular flexibility index (Phi) is 5.11. The number of amides is 1. The highest BCUT2D eigenvalue weighted by Gasteiger charge is 2.11. The van der Waals surface area contributed by atoms with Gasteiger partial charge >= 0.3 is 0 Å². The summed E-state index contributed by atoms with van der Waals surface area (Å²) in [7, 11) is 1.99. The van der Waals surface area contributed by atoms with Crippen molar-refractivity contribution in [3.63, 3.8) is 0 Å². The van der Waals surface area contributed by atoms with Crippen LogP contribution in [-0.4, -0.2) is 15.6 Å². The predicted octanol–water partition coefficient (Wildman–Crippen LogP) is 3.45. The van der Waals surface area contributed by atoms with Gasteiger partial charge in [-0.15, -0.1) is 0 Å². The third kappa shape index (κ3) is 3.79. The van der Waals surface area contributed by atoms with E-state index in [9.17, 15) is 4.79 Å². The van der Waals surface area contributed by atoms with E-state index in [-0.39, 0.29) is 5.91 Å². The topological polar surface area (TPSA) is 69.3 Å². The molecule has 0 atom stereocenters. The maximum atomic E-state index is 12.4. The van der Waals surface area contributed by atoms with Crippen LogP contribution in [0.3, 0.4) is 0 Å². The van der Waals surface area contributed by atoms with Crippen molar-refractivity contribution >= 4 is 5.91 Å². The summed E-state index contributed by atoms with van der Waals surface area (Å²) in [6.07, 6.45) is 0. The lowest BCUT2D eigenvalue weighted by Crippen LogP contribution is -2.24. The number of carbonyl (C=O) groups excluding carboxylic acids is 1. The zero-order chi connectivity index (χ0) is 18.7. The van der Waals surface area contributed by atoms with Gasteiger partial charge in [0.1, 0.15) is 18.1 Å². The van der Waals surface area contributed by atoms with Gasteiger partial charge in [-0.1, -0.05) is 11.2 Å². The van der Waals surface area contributed by atoms with Crippen LogP contribution in [0.25, 0.3) is 0 Å². The van der Waals surface area contributed by atoms with Crippen LogP contribution in [0.15, 0.2) is 40.9 Å². The summed E-state index contributed by atoms with van der Waals surface area (Å²) < 4.78 is 13.0. The van der Waals surface area contributed by atoms with Crippen molar-refractivity contribution in [2.24, 2.45) is 7.05 Å². The largest absolute Gasteiger partial charge is 0.489 e. The third-order valence-electron chi connectivity index (χ3n) is 4.57. The van der Waals surface area contributed by atoms with E-state index in [2.05, 4.69) is 15.0 Å². The van der Waals surface area contributed by atoms with Crippen LogP contribution in [0.5, 0.6) is 5.75 Å². The Hall–Kier alpha value is -3.02. The normalized spacial score (nSPS) is 10.8. The Morgan fingerprint density at radius 1 is 1.23 bits per heavy atom. The van der Waals surface area contributed by atoms with Crippen LogP contribution >= 0.6 is 0 Å². The Balaban J connectivity index is 1.63. The van der Waals surface area contributed by atoms with Crippen molar-refractivity contribution in [3.8, 4) is 5.75 Å². The molecule has 0 saturated heterocycles. The molecule has 0 bridgehead atoms. The second kappa shape index (κ2) is 7.47. The summed E-state index contributed by atoms with van der Waals surface area (Å²) in [6, 6.07) is 11.2. The number of ether oxygens (including phenoxy) is 1. The number of nitrogens with zero attached hydrogens (tertiary/aromatic N) is 2. The fraction of sp³-hybridized carbons (Fsp3) is 0.300. The highest BCUT2D eigenvalue weighted by molar-refractivity contribution is 5.94. The van der Waals surface area contributed by atoms with Gasteiger partial charge in [-0.3, -0.25) is 4.79 Å². The van der Waals surface area contributed by atoms with Crippen molar-refractivity contribution in [3.05, 3.63) is 70.4 Å². The minimum absolute atomic E-state index is 0.133. The van der Waals surface area contributed by atoms with E-state index in [1.165, 1.54) is 0 Å². The molecule has 0 aliphatic rings. The summed E-state index contributed by atoms with van der Waals surface area (Å²) in [4.78, 5) is 12.4. The minimum Gasteiger partial charge on any atom is -0.489 e. The standard InChI is InChI=1S/C20H23N3O3/c1-13-8-9-17(23(13)4)11-21-20(24)16-6-5-7-18(10-16)25-12-19-14(2)22-26-15(19)3/h5-10H,11-12H2,1-4H3,(H,21,24). The third-order valence-corrected chi connectivity index (χ3v) is 4.57. The molecule has 1 aromatic carbocycles. The molecule has 2 heterocycles. The summed E-state index contributed by atoms with van der Waals surface area (Å²) >= 11 is 0. The van der Waals surface area contributed by atoms with E-state index in [0.717, 1.165) is 28.4 Å². The van der Waals surface area contributed by atoms with Gasteiger partial charge in [0.25, 0.3) is 5.91 Å².